The average Bonchev–Trinajstić information content (AvgIpc) is 3.33. The predicted molar refractivity (Wildman–Crippen MR) is 263 cm³/mol. The third kappa shape index (κ3) is 13.2. The highest BCUT2D eigenvalue weighted by Crippen LogP contribution is 2.44. The Morgan fingerprint density at radius 2 is 1.57 bits per heavy atom. The Morgan fingerprint density at radius 1 is 0.884 bits per heavy atom. The summed E-state index contributed by atoms with van der Waals surface area (Å²) in [4.78, 5) is 31.9. The molecule has 0 saturated carbocycles. The Morgan fingerprint density at radius 3 is 2.22 bits per heavy atom. The molecule has 372 valence electrons. The number of nitrogens with zero attached hydrogens (tertiary/aromatic N) is 3. The Hall–Kier alpha value is -4.63. The number of ether oxygens (including phenoxy) is 2. The zero-order valence-electron chi connectivity index (χ0n) is 38.5. The molecule has 2 saturated heterocycles. The quantitative estimate of drug-likeness (QED) is 0.0726. The van der Waals surface area contributed by atoms with Gasteiger partial charge in [-0.25, -0.2) is 21.6 Å². The van der Waals surface area contributed by atoms with Gasteiger partial charge < -0.3 is 19.7 Å². The molecule has 4 aromatic carbocycles. The average molecular weight is 1030 g/mol. The molecule has 69 heavy (non-hydrogen) atoms. The maximum atomic E-state index is 14.2. The number of sulfonamides is 1. The van der Waals surface area contributed by atoms with Crippen molar-refractivity contribution in [1.82, 2.24) is 14.5 Å². The molecule has 0 bridgehead atoms. The fourth-order valence-corrected chi connectivity index (χ4v) is 11.9. The maximum Gasteiger partial charge on any atom is 0.501 e. The lowest BCUT2D eigenvalue weighted by Gasteiger charge is -2.40. The molecule has 2 heterocycles. The first kappa shape index (κ1) is 52.2. The Balaban J connectivity index is 1.02. The van der Waals surface area contributed by atoms with E-state index in [1.165, 1.54) is 35.0 Å². The zero-order chi connectivity index (χ0) is 49.4. The largest absolute Gasteiger partial charge is 0.501 e. The third-order valence-corrected chi connectivity index (χ3v) is 17.0. The normalized spacial score (nSPS) is 19.2. The molecule has 2 fully saturated rings. The summed E-state index contributed by atoms with van der Waals surface area (Å²) in [6, 6.07) is 25.2. The molecule has 2 unspecified atom stereocenters. The number of hydrogen-bond donors (Lipinski definition) is 2. The Kier molecular flexibility index (Phi) is 17.1. The number of benzene rings is 4. The van der Waals surface area contributed by atoms with Crippen LogP contribution in [0.3, 0.4) is 0 Å². The molecule has 1 aliphatic carbocycles. The number of morpholine rings is 1. The van der Waals surface area contributed by atoms with Crippen LogP contribution in [0.2, 0.25) is 5.02 Å². The highest BCUT2D eigenvalue weighted by atomic mass is 35.5. The molecule has 1 amide bonds. The van der Waals surface area contributed by atoms with Crippen LogP contribution in [0.25, 0.3) is 5.57 Å². The van der Waals surface area contributed by atoms with Gasteiger partial charge in [0.05, 0.1) is 35.8 Å². The minimum absolute atomic E-state index is 0.0370. The standard InChI is InChI=1S/C49H57ClF3N5O8S3/c1-3-66-47(60)48(2)21-19-43(35-9-13-38(50)14-10-35)37(32-48)33-57-23-25-58(26-24-57)40-15-11-36(12-16-40)46(59)55-69(63,64)42-17-18-44(45(31-42)68(61,62)49(51,52)53)54-39(20-22-56-27-29-65-30-28-56)34-67-41-7-5-4-6-8-41/h4-18,31,39,54H,3,19-30,32-34H2,1-2H3,(H,55,59). The number of sulfone groups is 1. The minimum Gasteiger partial charge on any atom is -0.466 e. The molecule has 7 rings (SSSR count). The first-order valence-corrected chi connectivity index (χ1v) is 27.2. The molecule has 2 N–H and O–H groups in total. The van der Waals surface area contributed by atoms with Crippen LogP contribution in [0.4, 0.5) is 24.5 Å². The lowest BCUT2D eigenvalue weighted by atomic mass is 9.71. The second kappa shape index (κ2) is 22.6. The van der Waals surface area contributed by atoms with Crippen molar-refractivity contribution in [3.8, 4) is 0 Å². The van der Waals surface area contributed by atoms with Crippen molar-refractivity contribution in [2.75, 3.05) is 88.1 Å². The highest BCUT2D eigenvalue weighted by Gasteiger charge is 2.48. The Labute approximate surface area is 411 Å². The van der Waals surface area contributed by atoms with E-state index < -0.39 is 58.2 Å². The summed E-state index contributed by atoms with van der Waals surface area (Å²) in [6.07, 6.45) is 2.40. The van der Waals surface area contributed by atoms with Crippen molar-refractivity contribution >= 4 is 72.0 Å². The lowest BCUT2D eigenvalue weighted by Crippen LogP contribution is -2.47. The van der Waals surface area contributed by atoms with Crippen LogP contribution in [0.1, 0.15) is 55.5 Å². The summed E-state index contributed by atoms with van der Waals surface area (Å²) < 4.78 is 109. The SMILES string of the molecule is CCOC(=O)C1(C)CCC(c2ccc(Cl)cc2)=C(CN2CCN(c3ccc(C(=O)NS(=O)(=O)c4ccc(NC(CCN5CCOCC5)CSc5ccccc5)c(S(=O)(=O)C(F)(F)F)c4)cc3)CC2)C1. The molecule has 3 aliphatic rings. The van der Waals surface area contributed by atoms with E-state index in [9.17, 15) is 39.6 Å². The number of carbonyl (C=O) groups excluding carboxylic acids is 2. The molecule has 4 aromatic rings. The summed E-state index contributed by atoms with van der Waals surface area (Å²) in [5.41, 5.74) is -2.59. The fraction of sp³-hybridized carbons (Fsp3) is 0.429. The van der Waals surface area contributed by atoms with Gasteiger partial charge in [0.1, 0.15) is 4.90 Å². The second-order valence-electron chi connectivity index (χ2n) is 17.6. The van der Waals surface area contributed by atoms with E-state index in [1.807, 2.05) is 73.2 Å². The van der Waals surface area contributed by atoms with Crippen molar-refractivity contribution in [3.05, 3.63) is 119 Å². The van der Waals surface area contributed by atoms with Crippen molar-refractivity contribution in [1.29, 1.82) is 0 Å². The molecular formula is C49H57ClF3N5O8S3. The van der Waals surface area contributed by atoms with Crippen LogP contribution in [-0.2, 0) is 34.1 Å². The van der Waals surface area contributed by atoms with E-state index in [2.05, 4.69) is 20.0 Å². The van der Waals surface area contributed by atoms with Crippen LogP contribution in [0.5, 0.6) is 0 Å². The number of anilines is 2. The van der Waals surface area contributed by atoms with Crippen LogP contribution >= 0.6 is 23.4 Å². The molecule has 2 atom stereocenters. The van der Waals surface area contributed by atoms with Gasteiger partial charge in [-0.2, -0.15) is 13.2 Å². The van der Waals surface area contributed by atoms with E-state index in [4.69, 9.17) is 21.1 Å². The van der Waals surface area contributed by atoms with Crippen LogP contribution in [0, 0.1) is 5.41 Å². The second-order valence-corrected chi connectivity index (χ2v) is 22.7. The summed E-state index contributed by atoms with van der Waals surface area (Å²) in [6.45, 7) is 10.4. The number of esters is 1. The fourth-order valence-electron chi connectivity index (χ4n) is 8.80. The summed E-state index contributed by atoms with van der Waals surface area (Å²) in [7, 11) is -10.9. The number of carbonyl (C=O) groups is 2. The van der Waals surface area contributed by atoms with Gasteiger partial charge in [-0.05, 0) is 117 Å². The Bertz CT molecular complexity index is 2680. The number of alkyl halides is 3. The van der Waals surface area contributed by atoms with Gasteiger partial charge >= 0.3 is 11.5 Å². The molecular weight excluding hydrogens is 975 g/mol. The number of piperazine rings is 1. The van der Waals surface area contributed by atoms with E-state index in [0.717, 1.165) is 34.7 Å². The van der Waals surface area contributed by atoms with Crippen molar-refractivity contribution < 1.29 is 49.1 Å². The van der Waals surface area contributed by atoms with Crippen molar-refractivity contribution in [2.24, 2.45) is 5.41 Å². The number of rotatable bonds is 18. The van der Waals surface area contributed by atoms with E-state index in [1.54, 1.807) is 12.1 Å². The van der Waals surface area contributed by atoms with Gasteiger partial charge in [0.25, 0.3) is 25.8 Å². The van der Waals surface area contributed by atoms with Crippen molar-refractivity contribution in [2.45, 2.75) is 65.8 Å². The van der Waals surface area contributed by atoms with Gasteiger partial charge in [0.2, 0.25) is 0 Å². The first-order valence-electron chi connectivity index (χ1n) is 22.8. The number of halogens is 4. The number of hydrogen-bond acceptors (Lipinski definition) is 13. The number of allylic oxidation sites excluding steroid dienone is 1. The van der Waals surface area contributed by atoms with Crippen LogP contribution in [0.15, 0.2) is 117 Å². The minimum atomic E-state index is -6.07. The molecule has 2 aliphatic heterocycles. The zero-order valence-corrected chi connectivity index (χ0v) is 41.7. The van der Waals surface area contributed by atoms with Crippen LogP contribution in [-0.4, -0.2) is 128 Å². The molecule has 20 heteroatoms. The van der Waals surface area contributed by atoms with Gasteiger partial charge in [0.15, 0.2) is 0 Å². The smallest absolute Gasteiger partial charge is 0.466 e. The third-order valence-electron chi connectivity index (χ3n) is 12.7. The molecule has 0 radical (unpaired) electrons. The number of amides is 1. The van der Waals surface area contributed by atoms with Gasteiger partial charge in [-0.15, -0.1) is 11.8 Å². The molecule has 13 nitrogen and oxygen atoms in total. The van der Waals surface area contributed by atoms with Gasteiger partial charge in [-0.1, -0.05) is 47.5 Å². The predicted octanol–water partition coefficient (Wildman–Crippen LogP) is 8.38. The number of thioether (sulfide) groups is 1. The first-order chi connectivity index (χ1) is 32.8. The molecule has 0 spiro atoms. The molecule has 0 aromatic heterocycles. The summed E-state index contributed by atoms with van der Waals surface area (Å²) in [5, 5.41) is 3.63. The lowest BCUT2D eigenvalue weighted by molar-refractivity contribution is -0.155. The van der Waals surface area contributed by atoms with E-state index in [-0.39, 0.29) is 11.5 Å². The van der Waals surface area contributed by atoms with Gasteiger partial charge in [0, 0.05) is 85.3 Å². The van der Waals surface area contributed by atoms with Crippen LogP contribution < -0.4 is 14.9 Å². The monoisotopic (exact) mass is 1030 g/mol. The van der Waals surface area contributed by atoms with E-state index >= 15 is 0 Å². The summed E-state index contributed by atoms with van der Waals surface area (Å²) >= 11 is 7.64. The van der Waals surface area contributed by atoms with E-state index in [0.29, 0.717) is 108 Å². The highest BCUT2D eigenvalue weighted by molar-refractivity contribution is 7.99. The maximum absolute atomic E-state index is 14.2. The number of nitrogens with one attached hydrogen (secondary N) is 2. The topological polar surface area (TPSA) is 155 Å². The van der Waals surface area contributed by atoms with Gasteiger partial charge in [-0.3, -0.25) is 19.4 Å². The van der Waals surface area contributed by atoms with Crippen molar-refractivity contribution in [3.63, 3.8) is 0 Å². The summed E-state index contributed by atoms with van der Waals surface area (Å²) in [5.74, 6) is -0.893.